The van der Waals surface area contributed by atoms with Crippen molar-refractivity contribution in [3.05, 3.63) is 113 Å². The van der Waals surface area contributed by atoms with Crippen molar-refractivity contribution >= 4 is 17.1 Å². The van der Waals surface area contributed by atoms with Gasteiger partial charge in [-0.05, 0) is 80.7 Å². The zero-order valence-corrected chi connectivity index (χ0v) is 24.0. The highest BCUT2D eigenvalue weighted by molar-refractivity contribution is 5.98. The first-order valence-electron chi connectivity index (χ1n) is 13.2. The van der Waals surface area contributed by atoms with Gasteiger partial charge in [-0.15, -0.1) is 12.3 Å². The average Bonchev–Trinajstić information content (AvgIpc) is 2.95. The second-order valence-corrected chi connectivity index (χ2v) is 8.21. The standard InChI is InChI=1S/C30H32O3.C3H4.C2H6/c1-5-7-16-27(25-14-11-15-26(20-25)30(31)32-6-2)23(4)28-19-22(3)17-18-29(28)33-21-24-12-9-8-10-13-24;1-3-2;1-2/h7-20H,5-6,21H2,1-4H3;1H,2H3;1-2H3/b16-7-,27-23-;;. The third kappa shape index (κ3) is 10.1. The zero-order chi connectivity index (χ0) is 28.3. The highest BCUT2D eigenvalue weighted by Gasteiger charge is 2.14. The first-order valence-corrected chi connectivity index (χ1v) is 13.2. The van der Waals surface area contributed by atoms with Crippen LogP contribution in [0.2, 0.25) is 0 Å². The van der Waals surface area contributed by atoms with E-state index in [9.17, 15) is 4.79 Å². The molecule has 0 bridgehead atoms. The molecule has 3 nitrogen and oxygen atoms in total. The summed E-state index contributed by atoms with van der Waals surface area (Å²) in [4.78, 5) is 12.3. The van der Waals surface area contributed by atoms with E-state index in [4.69, 9.17) is 9.47 Å². The molecule has 38 heavy (non-hydrogen) atoms. The Kier molecular flexibility index (Phi) is 15.4. The summed E-state index contributed by atoms with van der Waals surface area (Å²) in [5.41, 5.74) is 7.00. The van der Waals surface area contributed by atoms with Crippen molar-refractivity contribution in [2.24, 2.45) is 0 Å². The highest BCUT2D eigenvalue weighted by atomic mass is 16.5. The topological polar surface area (TPSA) is 35.5 Å². The SMILES string of the molecule is C#CC.CC.CC/C=C\C(=C(/C)c1cc(C)ccc1OCc1ccccc1)c1cccc(C(=O)OCC)c1. The minimum Gasteiger partial charge on any atom is -0.488 e. The van der Waals surface area contributed by atoms with E-state index in [2.05, 4.69) is 69.5 Å². The molecule has 0 spiro atoms. The van der Waals surface area contributed by atoms with Gasteiger partial charge in [0.2, 0.25) is 0 Å². The van der Waals surface area contributed by atoms with E-state index in [1.165, 1.54) is 0 Å². The number of hydrogen-bond donors (Lipinski definition) is 0. The van der Waals surface area contributed by atoms with Gasteiger partial charge in [0, 0.05) is 5.56 Å². The second-order valence-electron chi connectivity index (χ2n) is 8.21. The fourth-order valence-electron chi connectivity index (χ4n) is 3.64. The number of benzene rings is 3. The van der Waals surface area contributed by atoms with Crippen LogP contribution in [0.1, 0.15) is 80.6 Å². The zero-order valence-electron chi connectivity index (χ0n) is 24.0. The van der Waals surface area contributed by atoms with Gasteiger partial charge in [-0.2, -0.15) is 0 Å². The summed E-state index contributed by atoms with van der Waals surface area (Å²) in [6.45, 7) is 14.6. The van der Waals surface area contributed by atoms with Gasteiger partial charge in [-0.3, -0.25) is 0 Å². The summed E-state index contributed by atoms with van der Waals surface area (Å²) in [5, 5.41) is 0. The van der Waals surface area contributed by atoms with Gasteiger partial charge in [0.15, 0.2) is 0 Å². The van der Waals surface area contributed by atoms with Gasteiger partial charge in [-0.25, -0.2) is 4.79 Å². The Morgan fingerprint density at radius 3 is 2.24 bits per heavy atom. The largest absolute Gasteiger partial charge is 0.488 e. The van der Waals surface area contributed by atoms with Gasteiger partial charge in [-0.1, -0.05) is 87.0 Å². The molecule has 0 N–H and O–H groups in total. The molecule has 3 aromatic carbocycles. The summed E-state index contributed by atoms with van der Waals surface area (Å²) in [7, 11) is 0. The smallest absolute Gasteiger partial charge is 0.338 e. The maximum atomic E-state index is 12.3. The van der Waals surface area contributed by atoms with Crippen LogP contribution in [0.4, 0.5) is 0 Å². The molecule has 0 fully saturated rings. The third-order valence-electron chi connectivity index (χ3n) is 5.39. The fraction of sp³-hybridized carbons (Fsp3) is 0.286. The molecule has 0 radical (unpaired) electrons. The van der Waals surface area contributed by atoms with Crippen LogP contribution in [0.15, 0.2) is 84.9 Å². The number of allylic oxidation sites excluding steroid dienone is 4. The van der Waals surface area contributed by atoms with Crippen molar-refractivity contribution in [1.29, 1.82) is 0 Å². The fourth-order valence-corrected chi connectivity index (χ4v) is 3.64. The number of ether oxygens (including phenoxy) is 2. The van der Waals surface area contributed by atoms with Crippen molar-refractivity contribution < 1.29 is 14.3 Å². The van der Waals surface area contributed by atoms with Gasteiger partial charge in [0.1, 0.15) is 12.4 Å². The summed E-state index contributed by atoms with van der Waals surface area (Å²) < 4.78 is 11.5. The number of hydrogen-bond acceptors (Lipinski definition) is 3. The molecule has 0 unspecified atom stereocenters. The van der Waals surface area contributed by atoms with Crippen LogP contribution in [0.25, 0.3) is 11.1 Å². The van der Waals surface area contributed by atoms with E-state index in [1.807, 2.05) is 63.2 Å². The lowest BCUT2D eigenvalue weighted by Crippen LogP contribution is -2.05. The summed E-state index contributed by atoms with van der Waals surface area (Å²) >= 11 is 0. The summed E-state index contributed by atoms with van der Waals surface area (Å²) in [6.07, 6.45) is 9.78. The van der Waals surface area contributed by atoms with E-state index >= 15 is 0 Å². The van der Waals surface area contributed by atoms with Gasteiger partial charge >= 0.3 is 5.97 Å². The predicted octanol–water partition coefficient (Wildman–Crippen LogP) is 9.31. The maximum Gasteiger partial charge on any atom is 0.338 e. The van der Waals surface area contributed by atoms with Crippen molar-refractivity contribution in [3.63, 3.8) is 0 Å². The van der Waals surface area contributed by atoms with Crippen molar-refractivity contribution in [3.8, 4) is 18.1 Å². The molecule has 0 saturated heterocycles. The number of carbonyl (C=O) groups is 1. The molecule has 0 aliphatic rings. The molecular formula is C35H42O3. The molecular weight excluding hydrogens is 468 g/mol. The van der Waals surface area contributed by atoms with E-state index < -0.39 is 0 Å². The Balaban J connectivity index is 0.00000135. The Morgan fingerprint density at radius 2 is 1.61 bits per heavy atom. The maximum absolute atomic E-state index is 12.3. The van der Waals surface area contributed by atoms with Crippen molar-refractivity contribution in [1.82, 2.24) is 0 Å². The molecule has 0 atom stereocenters. The Labute approximate surface area is 230 Å². The average molecular weight is 511 g/mol. The Bertz CT molecular complexity index is 1230. The van der Waals surface area contributed by atoms with Crippen LogP contribution in [-0.4, -0.2) is 12.6 Å². The lowest BCUT2D eigenvalue weighted by Gasteiger charge is -2.16. The first kappa shape index (κ1) is 32.0. The molecule has 3 rings (SSSR count). The Hall–Kier alpha value is -4.03. The molecule has 0 aliphatic heterocycles. The van der Waals surface area contributed by atoms with Crippen LogP contribution >= 0.6 is 0 Å². The molecule has 0 heterocycles. The van der Waals surface area contributed by atoms with E-state index in [0.29, 0.717) is 18.8 Å². The van der Waals surface area contributed by atoms with Gasteiger partial charge in [0.25, 0.3) is 0 Å². The van der Waals surface area contributed by atoms with Gasteiger partial charge < -0.3 is 9.47 Å². The first-order chi connectivity index (χ1) is 18.4. The molecule has 0 aliphatic carbocycles. The normalized spacial score (nSPS) is 10.7. The lowest BCUT2D eigenvalue weighted by atomic mass is 9.93. The van der Waals surface area contributed by atoms with E-state index in [0.717, 1.165) is 45.6 Å². The van der Waals surface area contributed by atoms with Crippen molar-refractivity contribution in [2.75, 3.05) is 6.61 Å². The number of aryl methyl sites for hydroxylation is 1. The van der Waals surface area contributed by atoms with E-state index in [-0.39, 0.29) is 5.97 Å². The van der Waals surface area contributed by atoms with Crippen LogP contribution in [0.5, 0.6) is 5.75 Å². The number of terminal acetylenes is 1. The second kappa shape index (κ2) is 18.3. The molecule has 200 valence electrons. The predicted molar refractivity (Wildman–Crippen MR) is 162 cm³/mol. The number of esters is 1. The number of carbonyl (C=O) groups excluding carboxylic acids is 1. The number of rotatable bonds is 9. The third-order valence-corrected chi connectivity index (χ3v) is 5.39. The van der Waals surface area contributed by atoms with Gasteiger partial charge in [0.05, 0.1) is 12.2 Å². The minimum absolute atomic E-state index is 0.307. The monoisotopic (exact) mass is 510 g/mol. The minimum atomic E-state index is -0.307. The molecule has 3 aromatic rings. The van der Waals surface area contributed by atoms with E-state index in [1.54, 1.807) is 13.0 Å². The van der Waals surface area contributed by atoms with Crippen LogP contribution in [-0.2, 0) is 11.3 Å². The quantitative estimate of drug-likeness (QED) is 0.124. The Morgan fingerprint density at radius 1 is 0.947 bits per heavy atom. The lowest BCUT2D eigenvalue weighted by molar-refractivity contribution is 0.0526. The highest BCUT2D eigenvalue weighted by Crippen LogP contribution is 2.34. The summed E-state index contributed by atoms with van der Waals surface area (Å²) in [6, 6.07) is 24.0. The van der Waals surface area contributed by atoms with Crippen LogP contribution in [0.3, 0.4) is 0 Å². The summed E-state index contributed by atoms with van der Waals surface area (Å²) in [5.74, 6) is 2.78. The van der Waals surface area contributed by atoms with Crippen LogP contribution in [0, 0.1) is 19.3 Å². The molecule has 0 amide bonds. The van der Waals surface area contributed by atoms with Crippen molar-refractivity contribution in [2.45, 2.75) is 61.5 Å². The molecule has 0 saturated carbocycles. The molecule has 3 heteroatoms. The van der Waals surface area contributed by atoms with Crippen LogP contribution < -0.4 is 4.74 Å². The molecule has 0 aromatic heterocycles.